The van der Waals surface area contributed by atoms with E-state index in [1.54, 1.807) is 12.1 Å². The summed E-state index contributed by atoms with van der Waals surface area (Å²) in [6.07, 6.45) is 3.16. The lowest BCUT2D eigenvalue weighted by molar-refractivity contribution is -0.122. The molecule has 1 aliphatic carbocycles. The standard InChI is InChI=1S/C21H25FN2O/c1-3-14(2)15-6-10-18(11-7-15)23-20(21(25)24-19-12-13-19)16-4-8-17(22)9-5-16/h4-11,14,19-20,23H,3,12-13H2,1-2H3,(H,24,25). The number of rotatable bonds is 7. The van der Waals surface area contributed by atoms with Crippen LogP contribution in [-0.2, 0) is 4.79 Å². The van der Waals surface area contributed by atoms with E-state index in [4.69, 9.17) is 0 Å². The molecule has 132 valence electrons. The summed E-state index contributed by atoms with van der Waals surface area (Å²) >= 11 is 0. The van der Waals surface area contributed by atoms with Gasteiger partial charge in [0, 0.05) is 11.7 Å². The third-order valence-electron chi connectivity index (χ3n) is 4.79. The van der Waals surface area contributed by atoms with E-state index in [2.05, 4.69) is 36.6 Å². The molecule has 1 aliphatic rings. The summed E-state index contributed by atoms with van der Waals surface area (Å²) in [5, 5.41) is 6.33. The predicted octanol–water partition coefficient (Wildman–Crippen LogP) is 4.77. The largest absolute Gasteiger partial charge is 0.370 e. The van der Waals surface area contributed by atoms with Gasteiger partial charge in [0.05, 0.1) is 0 Å². The number of anilines is 1. The van der Waals surface area contributed by atoms with Crippen molar-refractivity contribution < 1.29 is 9.18 Å². The maximum atomic E-state index is 13.2. The minimum atomic E-state index is -0.532. The fraction of sp³-hybridized carbons (Fsp3) is 0.381. The summed E-state index contributed by atoms with van der Waals surface area (Å²) in [5.41, 5.74) is 2.92. The first kappa shape index (κ1) is 17.5. The molecule has 1 saturated carbocycles. The predicted molar refractivity (Wildman–Crippen MR) is 99.1 cm³/mol. The Bertz CT molecular complexity index is 708. The van der Waals surface area contributed by atoms with Crippen molar-refractivity contribution in [3.63, 3.8) is 0 Å². The molecule has 4 heteroatoms. The van der Waals surface area contributed by atoms with Crippen LogP contribution in [0.1, 0.15) is 56.2 Å². The van der Waals surface area contributed by atoms with Crippen LogP contribution in [-0.4, -0.2) is 11.9 Å². The maximum absolute atomic E-state index is 13.2. The molecule has 3 nitrogen and oxygen atoms in total. The van der Waals surface area contributed by atoms with Gasteiger partial charge >= 0.3 is 0 Å². The minimum Gasteiger partial charge on any atom is -0.370 e. The van der Waals surface area contributed by atoms with Crippen LogP contribution in [0.2, 0.25) is 0 Å². The first-order chi connectivity index (χ1) is 12.1. The lowest BCUT2D eigenvalue weighted by Crippen LogP contribution is -2.34. The van der Waals surface area contributed by atoms with E-state index in [-0.39, 0.29) is 17.8 Å². The summed E-state index contributed by atoms with van der Waals surface area (Å²) in [7, 11) is 0. The van der Waals surface area contributed by atoms with Crippen molar-refractivity contribution in [2.75, 3.05) is 5.32 Å². The molecular formula is C21H25FN2O. The lowest BCUT2D eigenvalue weighted by atomic mass is 9.98. The third kappa shape index (κ3) is 4.59. The Morgan fingerprint density at radius 1 is 1.08 bits per heavy atom. The van der Waals surface area contributed by atoms with Crippen molar-refractivity contribution in [1.82, 2.24) is 5.32 Å². The van der Waals surface area contributed by atoms with Crippen LogP contribution in [0.5, 0.6) is 0 Å². The molecule has 0 spiro atoms. The van der Waals surface area contributed by atoms with Crippen LogP contribution in [0, 0.1) is 5.82 Å². The first-order valence-electron chi connectivity index (χ1n) is 8.99. The smallest absolute Gasteiger partial charge is 0.247 e. The average Bonchev–Trinajstić information content (AvgIpc) is 3.44. The molecule has 3 rings (SSSR count). The highest BCUT2D eigenvalue weighted by Crippen LogP contribution is 2.26. The van der Waals surface area contributed by atoms with Gasteiger partial charge < -0.3 is 10.6 Å². The second kappa shape index (κ2) is 7.68. The summed E-state index contributed by atoms with van der Waals surface area (Å²) in [6.45, 7) is 4.37. The molecule has 0 saturated heterocycles. The molecule has 0 aromatic heterocycles. The summed E-state index contributed by atoms with van der Waals surface area (Å²) in [5.74, 6) is 0.142. The maximum Gasteiger partial charge on any atom is 0.247 e. The molecule has 0 heterocycles. The van der Waals surface area contributed by atoms with Crippen molar-refractivity contribution in [3.05, 3.63) is 65.5 Å². The van der Waals surface area contributed by atoms with Gasteiger partial charge in [-0.25, -0.2) is 4.39 Å². The number of carbonyl (C=O) groups is 1. The zero-order valence-electron chi connectivity index (χ0n) is 14.8. The topological polar surface area (TPSA) is 41.1 Å². The van der Waals surface area contributed by atoms with Gasteiger partial charge in [0.25, 0.3) is 0 Å². The minimum absolute atomic E-state index is 0.0693. The molecule has 25 heavy (non-hydrogen) atoms. The number of carbonyl (C=O) groups excluding carboxylic acids is 1. The number of hydrogen-bond acceptors (Lipinski definition) is 2. The van der Waals surface area contributed by atoms with E-state index in [1.807, 2.05) is 12.1 Å². The van der Waals surface area contributed by atoms with E-state index in [9.17, 15) is 9.18 Å². The molecule has 2 atom stereocenters. The van der Waals surface area contributed by atoms with Gasteiger partial charge in [0.15, 0.2) is 0 Å². The average molecular weight is 340 g/mol. The molecule has 0 bridgehead atoms. The molecule has 0 aliphatic heterocycles. The van der Waals surface area contributed by atoms with E-state index >= 15 is 0 Å². The van der Waals surface area contributed by atoms with Crippen molar-refractivity contribution >= 4 is 11.6 Å². The van der Waals surface area contributed by atoms with Crippen LogP contribution < -0.4 is 10.6 Å². The van der Waals surface area contributed by atoms with Crippen LogP contribution in [0.25, 0.3) is 0 Å². The van der Waals surface area contributed by atoms with Gasteiger partial charge in [-0.1, -0.05) is 38.1 Å². The highest BCUT2D eigenvalue weighted by molar-refractivity contribution is 5.86. The Morgan fingerprint density at radius 2 is 1.68 bits per heavy atom. The summed E-state index contributed by atoms with van der Waals surface area (Å²) in [4.78, 5) is 12.6. The highest BCUT2D eigenvalue weighted by Gasteiger charge is 2.28. The Labute approximate surface area is 148 Å². The molecule has 2 N–H and O–H groups in total. The molecule has 0 radical (unpaired) electrons. The number of amides is 1. The normalized spacial score (nSPS) is 16.1. The van der Waals surface area contributed by atoms with E-state index in [0.717, 1.165) is 30.5 Å². The third-order valence-corrected chi connectivity index (χ3v) is 4.79. The lowest BCUT2D eigenvalue weighted by Gasteiger charge is -2.20. The highest BCUT2D eigenvalue weighted by atomic mass is 19.1. The number of nitrogens with one attached hydrogen (secondary N) is 2. The molecule has 2 aromatic carbocycles. The Hall–Kier alpha value is -2.36. The Kier molecular flexibility index (Phi) is 5.37. The van der Waals surface area contributed by atoms with Gasteiger partial charge in [0.2, 0.25) is 5.91 Å². The van der Waals surface area contributed by atoms with Crippen molar-refractivity contribution in [1.29, 1.82) is 0 Å². The second-order valence-corrected chi connectivity index (χ2v) is 6.84. The molecule has 2 aromatic rings. The van der Waals surface area contributed by atoms with Gasteiger partial charge in [-0.15, -0.1) is 0 Å². The molecular weight excluding hydrogens is 315 g/mol. The number of benzene rings is 2. The fourth-order valence-corrected chi connectivity index (χ4v) is 2.78. The molecule has 1 fully saturated rings. The quantitative estimate of drug-likeness (QED) is 0.762. The zero-order chi connectivity index (χ0) is 17.8. The van der Waals surface area contributed by atoms with E-state index in [1.165, 1.54) is 17.7 Å². The van der Waals surface area contributed by atoms with Gasteiger partial charge in [-0.3, -0.25) is 4.79 Å². The van der Waals surface area contributed by atoms with Crippen LogP contribution in [0.15, 0.2) is 48.5 Å². The van der Waals surface area contributed by atoms with Crippen LogP contribution >= 0.6 is 0 Å². The van der Waals surface area contributed by atoms with Crippen molar-refractivity contribution in [3.8, 4) is 0 Å². The number of halogens is 1. The monoisotopic (exact) mass is 340 g/mol. The zero-order valence-corrected chi connectivity index (χ0v) is 14.8. The van der Waals surface area contributed by atoms with Crippen LogP contribution in [0.3, 0.4) is 0 Å². The summed E-state index contributed by atoms with van der Waals surface area (Å²) < 4.78 is 13.2. The fourth-order valence-electron chi connectivity index (χ4n) is 2.78. The Morgan fingerprint density at radius 3 is 2.24 bits per heavy atom. The molecule has 2 unspecified atom stereocenters. The van der Waals surface area contributed by atoms with Crippen molar-refractivity contribution in [2.24, 2.45) is 0 Å². The van der Waals surface area contributed by atoms with Crippen LogP contribution in [0.4, 0.5) is 10.1 Å². The van der Waals surface area contributed by atoms with Gasteiger partial charge in [-0.05, 0) is 60.6 Å². The van der Waals surface area contributed by atoms with E-state index in [0.29, 0.717) is 5.92 Å². The SMILES string of the molecule is CCC(C)c1ccc(NC(C(=O)NC2CC2)c2ccc(F)cc2)cc1. The van der Waals surface area contributed by atoms with Crippen molar-refractivity contribution in [2.45, 2.75) is 51.1 Å². The first-order valence-corrected chi connectivity index (χ1v) is 8.99. The number of hydrogen-bond donors (Lipinski definition) is 2. The van der Waals surface area contributed by atoms with E-state index < -0.39 is 6.04 Å². The second-order valence-electron chi connectivity index (χ2n) is 6.84. The Balaban J connectivity index is 1.78. The summed E-state index contributed by atoms with van der Waals surface area (Å²) in [6, 6.07) is 14.0. The molecule has 1 amide bonds. The van der Waals surface area contributed by atoms with Gasteiger partial charge in [0.1, 0.15) is 11.9 Å². The van der Waals surface area contributed by atoms with Gasteiger partial charge in [-0.2, -0.15) is 0 Å².